The van der Waals surface area contributed by atoms with Crippen LogP contribution in [0.25, 0.3) is 0 Å². The van der Waals surface area contributed by atoms with Gasteiger partial charge in [-0.1, -0.05) is 17.7 Å². The molecule has 1 amide bonds. The summed E-state index contributed by atoms with van der Waals surface area (Å²) in [6, 6.07) is 4.11. The first kappa shape index (κ1) is 14.8. The van der Waals surface area contributed by atoms with Crippen molar-refractivity contribution < 1.29 is 19.1 Å². The molecule has 0 saturated heterocycles. The maximum Gasteiger partial charge on any atom is 0.306 e. The lowest BCUT2D eigenvalue weighted by molar-refractivity contribution is -0.141. The molecule has 4 nitrogen and oxygen atoms in total. The van der Waals surface area contributed by atoms with E-state index < -0.39 is 17.7 Å². The number of rotatable bonds is 4. The quantitative estimate of drug-likeness (QED) is 0.897. The molecule has 0 radical (unpaired) electrons. The molecule has 2 N–H and O–H groups in total. The Bertz CT molecular complexity index is 515. The predicted molar refractivity (Wildman–Crippen MR) is 72.0 cm³/mol. The molecule has 108 valence electrons. The summed E-state index contributed by atoms with van der Waals surface area (Å²) in [6.45, 7) is 0. The molecule has 2 atom stereocenters. The Labute approximate surface area is 120 Å². The number of halogens is 2. The van der Waals surface area contributed by atoms with E-state index in [-0.39, 0.29) is 29.0 Å². The summed E-state index contributed by atoms with van der Waals surface area (Å²) in [6.07, 6.45) is 1.47. The summed E-state index contributed by atoms with van der Waals surface area (Å²) < 4.78 is 13.6. The number of carbonyl (C=O) groups excluding carboxylic acids is 1. The molecule has 1 saturated carbocycles. The maximum absolute atomic E-state index is 13.6. The van der Waals surface area contributed by atoms with E-state index in [1.54, 1.807) is 0 Å². The SMILES string of the molecule is O=C(Cc1c(F)cccc1Cl)N[C@H]1CC[C@@H](C(=O)O)C1. The minimum absolute atomic E-state index is 0.139. The fourth-order valence-corrected chi connectivity index (χ4v) is 2.71. The smallest absolute Gasteiger partial charge is 0.306 e. The molecule has 0 aromatic heterocycles. The average Bonchev–Trinajstić information content (AvgIpc) is 2.82. The van der Waals surface area contributed by atoms with Gasteiger partial charge < -0.3 is 10.4 Å². The van der Waals surface area contributed by atoms with Gasteiger partial charge in [-0.15, -0.1) is 0 Å². The highest BCUT2D eigenvalue weighted by molar-refractivity contribution is 6.31. The van der Waals surface area contributed by atoms with Gasteiger partial charge in [0.15, 0.2) is 0 Å². The van der Waals surface area contributed by atoms with Gasteiger partial charge in [-0.25, -0.2) is 4.39 Å². The number of benzene rings is 1. The highest BCUT2D eigenvalue weighted by Crippen LogP contribution is 2.26. The number of amides is 1. The second-order valence-electron chi connectivity index (χ2n) is 4.99. The molecular weight excluding hydrogens is 285 g/mol. The molecule has 20 heavy (non-hydrogen) atoms. The van der Waals surface area contributed by atoms with Crippen LogP contribution >= 0.6 is 11.6 Å². The molecule has 6 heteroatoms. The zero-order valence-electron chi connectivity index (χ0n) is 10.7. The molecule has 1 aliphatic carbocycles. The number of nitrogens with one attached hydrogen (secondary N) is 1. The molecule has 0 spiro atoms. The van der Waals surface area contributed by atoms with Crippen LogP contribution in [0.5, 0.6) is 0 Å². The van der Waals surface area contributed by atoms with Crippen molar-refractivity contribution in [3.05, 3.63) is 34.6 Å². The van der Waals surface area contributed by atoms with E-state index in [9.17, 15) is 14.0 Å². The van der Waals surface area contributed by atoms with Gasteiger partial charge >= 0.3 is 5.97 Å². The van der Waals surface area contributed by atoms with Crippen molar-refractivity contribution in [2.45, 2.75) is 31.7 Å². The number of aliphatic carboxylic acids is 1. The van der Waals surface area contributed by atoms with Crippen molar-refractivity contribution in [1.82, 2.24) is 5.32 Å². The zero-order valence-corrected chi connectivity index (χ0v) is 11.5. The van der Waals surface area contributed by atoms with Crippen molar-refractivity contribution in [2.75, 3.05) is 0 Å². The van der Waals surface area contributed by atoms with Gasteiger partial charge in [0.2, 0.25) is 5.91 Å². The van der Waals surface area contributed by atoms with Crippen molar-refractivity contribution in [3.63, 3.8) is 0 Å². The minimum Gasteiger partial charge on any atom is -0.481 e. The van der Waals surface area contributed by atoms with Crippen molar-refractivity contribution in [3.8, 4) is 0 Å². The minimum atomic E-state index is -0.834. The number of carboxylic acids is 1. The van der Waals surface area contributed by atoms with E-state index in [2.05, 4.69) is 5.32 Å². The fraction of sp³-hybridized carbons (Fsp3) is 0.429. The standard InChI is InChI=1S/C14H15ClFNO3/c15-11-2-1-3-12(16)10(11)7-13(18)17-9-5-4-8(6-9)14(19)20/h1-3,8-9H,4-7H2,(H,17,18)(H,19,20)/t8-,9+/m1/s1. The number of carboxylic acid groups (broad SMARTS) is 1. The largest absolute Gasteiger partial charge is 0.481 e. The van der Waals surface area contributed by atoms with Crippen molar-refractivity contribution >= 4 is 23.5 Å². The van der Waals surface area contributed by atoms with Crippen LogP contribution in [0.4, 0.5) is 4.39 Å². The van der Waals surface area contributed by atoms with Gasteiger partial charge in [-0.05, 0) is 31.4 Å². The summed E-state index contributed by atoms with van der Waals surface area (Å²) in [5, 5.41) is 11.9. The van der Waals surface area contributed by atoms with Gasteiger partial charge in [0.1, 0.15) is 5.82 Å². The summed E-state index contributed by atoms with van der Waals surface area (Å²) in [4.78, 5) is 22.7. The lowest BCUT2D eigenvalue weighted by Crippen LogP contribution is -2.34. The van der Waals surface area contributed by atoms with Crippen LogP contribution in [0.15, 0.2) is 18.2 Å². The second kappa shape index (κ2) is 6.22. The Hall–Kier alpha value is -1.62. The van der Waals surface area contributed by atoms with E-state index in [0.29, 0.717) is 19.3 Å². The van der Waals surface area contributed by atoms with Crippen LogP contribution in [0.2, 0.25) is 5.02 Å². The van der Waals surface area contributed by atoms with Crippen LogP contribution < -0.4 is 5.32 Å². The molecule has 1 aliphatic rings. The van der Waals surface area contributed by atoms with E-state index in [4.69, 9.17) is 16.7 Å². The first-order valence-electron chi connectivity index (χ1n) is 6.42. The van der Waals surface area contributed by atoms with Gasteiger partial charge in [-0.2, -0.15) is 0 Å². The van der Waals surface area contributed by atoms with Gasteiger partial charge in [0, 0.05) is 16.6 Å². The molecule has 0 unspecified atom stereocenters. The van der Waals surface area contributed by atoms with Crippen LogP contribution in [0.1, 0.15) is 24.8 Å². The molecule has 1 fully saturated rings. The molecule has 0 bridgehead atoms. The fourth-order valence-electron chi connectivity index (χ4n) is 2.48. The molecule has 0 aliphatic heterocycles. The third-order valence-electron chi connectivity index (χ3n) is 3.55. The van der Waals surface area contributed by atoms with Crippen LogP contribution in [0.3, 0.4) is 0 Å². The lowest BCUT2D eigenvalue weighted by atomic mass is 10.1. The third-order valence-corrected chi connectivity index (χ3v) is 3.90. The zero-order chi connectivity index (χ0) is 14.7. The number of carbonyl (C=O) groups is 2. The third kappa shape index (κ3) is 3.48. The normalized spacial score (nSPS) is 21.7. The predicted octanol–water partition coefficient (Wildman–Crippen LogP) is 2.39. The van der Waals surface area contributed by atoms with Gasteiger partial charge in [0.05, 0.1) is 12.3 Å². The topological polar surface area (TPSA) is 66.4 Å². The maximum atomic E-state index is 13.6. The molecule has 0 heterocycles. The highest BCUT2D eigenvalue weighted by atomic mass is 35.5. The Kier molecular flexibility index (Phi) is 4.60. The summed E-state index contributed by atoms with van der Waals surface area (Å²) in [5.74, 6) is -2.09. The second-order valence-corrected chi connectivity index (χ2v) is 5.40. The first-order valence-corrected chi connectivity index (χ1v) is 6.80. The molecular formula is C14H15ClFNO3. The van der Waals surface area contributed by atoms with E-state index in [1.165, 1.54) is 18.2 Å². The number of hydrogen-bond donors (Lipinski definition) is 2. The average molecular weight is 300 g/mol. The Morgan fingerprint density at radius 2 is 2.15 bits per heavy atom. The summed E-state index contributed by atoms with van der Waals surface area (Å²) in [5.41, 5.74) is 0.166. The molecule has 1 aromatic carbocycles. The molecule has 2 rings (SSSR count). The van der Waals surface area contributed by atoms with Crippen LogP contribution in [-0.2, 0) is 16.0 Å². The Balaban J connectivity index is 1.92. The van der Waals surface area contributed by atoms with E-state index in [1.807, 2.05) is 0 Å². The summed E-state index contributed by atoms with van der Waals surface area (Å²) >= 11 is 5.86. The van der Waals surface area contributed by atoms with E-state index >= 15 is 0 Å². The monoisotopic (exact) mass is 299 g/mol. The van der Waals surface area contributed by atoms with Gasteiger partial charge in [-0.3, -0.25) is 9.59 Å². The van der Waals surface area contributed by atoms with Gasteiger partial charge in [0.25, 0.3) is 0 Å². The Morgan fingerprint density at radius 1 is 1.40 bits per heavy atom. The van der Waals surface area contributed by atoms with E-state index in [0.717, 1.165) is 0 Å². The lowest BCUT2D eigenvalue weighted by Gasteiger charge is -2.13. The van der Waals surface area contributed by atoms with Crippen molar-refractivity contribution in [2.24, 2.45) is 5.92 Å². The molecule has 1 aromatic rings. The van der Waals surface area contributed by atoms with Crippen molar-refractivity contribution in [1.29, 1.82) is 0 Å². The Morgan fingerprint density at radius 3 is 2.75 bits per heavy atom. The van der Waals surface area contributed by atoms with Crippen LogP contribution in [-0.4, -0.2) is 23.0 Å². The summed E-state index contributed by atoms with van der Waals surface area (Å²) in [7, 11) is 0. The first-order chi connectivity index (χ1) is 9.47. The van der Waals surface area contributed by atoms with Crippen LogP contribution in [0, 0.1) is 11.7 Å². The number of hydrogen-bond acceptors (Lipinski definition) is 2. The highest BCUT2D eigenvalue weighted by Gasteiger charge is 2.30.